The van der Waals surface area contributed by atoms with Crippen LogP contribution in [0.2, 0.25) is 0 Å². The van der Waals surface area contributed by atoms with Crippen molar-refractivity contribution >= 4 is 21.6 Å². The van der Waals surface area contributed by atoms with E-state index in [4.69, 9.17) is 9.47 Å². The van der Waals surface area contributed by atoms with Gasteiger partial charge in [-0.1, -0.05) is 6.07 Å². The van der Waals surface area contributed by atoms with Crippen LogP contribution in [0, 0.1) is 0 Å². The Labute approximate surface area is 117 Å². The Kier molecular flexibility index (Phi) is 2.50. The molecule has 3 aromatic rings. The Morgan fingerprint density at radius 3 is 3.10 bits per heavy atom. The van der Waals surface area contributed by atoms with Gasteiger partial charge in [-0.05, 0) is 29.1 Å². The second kappa shape index (κ2) is 4.35. The van der Waals surface area contributed by atoms with E-state index in [2.05, 4.69) is 9.97 Å². The smallest absolute Gasteiger partial charge is 0.268 e. The zero-order valence-electron chi connectivity index (χ0n) is 10.4. The van der Waals surface area contributed by atoms with Crippen LogP contribution in [-0.4, -0.2) is 16.8 Å². The number of hydrogen-bond acceptors (Lipinski definition) is 5. The number of nitrogens with zero attached hydrogens (tertiary/aromatic N) is 1. The van der Waals surface area contributed by atoms with Crippen LogP contribution >= 0.6 is 11.3 Å². The zero-order chi connectivity index (χ0) is 13.5. The van der Waals surface area contributed by atoms with Gasteiger partial charge in [0.1, 0.15) is 10.5 Å². The highest BCUT2D eigenvalue weighted by atomic mass is 32.1. The molecule has 0 aliphatic carbocycles. The van der Waals surface area contributed by atoms with Crippen molar-refractivity contribution < 1.29 is 9.47 Å². The van der Waals surface area contributed by atoms with Gasteiger partial charge in [0, 0.05) is 6.42 Å². The van der Waals surface area contributed by atoms with Crippen LogP contribution < -0.4 is 15.0 Å². The predicted octanol–water partition coefficient (Wildman–Crippen LogP) is 2.30. The van der Waals surface area contributed by atoms with Gasteiger partial charge in [-0.15, -0.1) is 11.3 Å². The molecule has 0 unspecified atom stereocenters. The number of benzene rings is 1. The van der Waals surface area contributed by atoms with Crippen molar-refractivity contribution in [2.45, 2.75) is 6.42 Å². The molecule has 0 fully saturated rings. The van der Waals surface area contributed by atoms with Crippen molar-refractivity contribution in [3.05, 3.63) is 51.4 Å². The monoisotopic (exact) mass is 286 g/mol. The van der Waals surface area contributed by atoms with Gasteiger partial charge in [0.25, 0.3) is 5.56 Å². The Bertz CT molecular complexity index is 853. The summed E-state index contributed by atoms with van der Waals surface area (Å²) in [5.41, 5.74) is 1.68. The van der Waals surface area contributed by atoms with Crippen LogP contribution in [-0.2, 0) is 6.42 Å². The highest BCUT2D eigenvalue weighted by molar-refractivity contribution is 7.17. The second-order valence-corrected chi connectivity index (χ2v) is 5.43. The maximum Gasteiger partial charge on any atom is 0.268 e. The molecule has 6 heteroatoms. The maximum absolute atomic E-state index is 11.9. The van der Waals surface area contributed by atoms with Crippen molar-refractivity contribution in [1.29, 1.82) is 0 Å². The zero-order valence-corrected chi connectivity index (χ0v) is 11.2. The van der Waals surface area contributed by atoms with E-state index in [9.17, 15) is 4.79 Å². The lowest BCUT2D eigenvalue weighted by Gasteiger charge is -2.03. The van der Waals surface area contributed by atoms with Crippen molar-refractivity contribution in [2.24, 2.45) is 0 Å². The summed E-state index contributed by atoms with van der Waals surface area (Å²) >= 11 is 1.40. The second-order valence-electron chi connectivity index (χ2n) is 4.51. The van der Waals surface area contributed by atoms with Crippen molar-refractivity contribution in [2.75, 3.05) is 6.79 Å². The fourth-order valence-corrected chi connectivity index (χ4v) is 2.98. The van der Waals surface area contributed by atoms with Gasteiger partial charge in [0.2, 0.25) is 6.79 Å². The Balaban J connectivity index is 1.72. The lowest BCUT2D eigenvalue weighted by atomic mass is 10.1. The lowest BCUT2D eigenvalue weighted by Crippen LogP contribution is -2.10. The molecule has 4 rings (SSSR count). The number of thiophene rings is 1. The maximum atomic E-state index is 11.9. The number of ether oxygens (including phenoxy) is 2. The molecule has 0 saturated heterocycles. The quantitative estimate of drug-likeness (QED) is 0.785. The third-order valence-electron chi connectivity index (χ3n) is 3.17. The third-order valence-corrected chi connectivity index (χ3v) is 4.07. The number of aromatic amines is 1. The fourth-order valence-electron chi connectivity index (χ4n) is 2.25. The lowest BCUT2D eigenvalue weighted by molar-refractivity contribution is 0.174. The average molecular weight is 286 g/mol. The summed E-state index contributed by atoms with van der Waals surface area (Å²) in [6, 6.07) is 7.60. The standard InChI is InChI=1S/C14H10N2O3S/c17-14-13-9(3-4-20-13)15-12(16-14)6-8-1-2-10-11(5-8)19-7-18-10/h1-5H,6-7H2,(H,15,16,17). The van der Waals surface area contributed by atoms with E-state index in [1.54, 1.807) is 0 Å². The molecule has 1 aliphatic rings. The summed E-state index contributed by atoms with van der Waals surface area (Å²) in [7, 11) is 0. The Morgan fingerprint density at radius 2 is 2.15 bits per heavy atom. The summed E-state index contributed by atoms with van der Waals surface area (Å²) in [6.45, 7) is 0.259. The van der Waals surface area contributed by atoms with E-state index < -0.39 is 0 Å². The molecule has 3 heterocycles. The van der Waals surface area contributed by atoms with Crippen LogP contribution in [0.5, 0.6) is 11.5 Å². The molecule has 1 aliphatic heterocycles. The molecule has 2 aromatic heterocycles. The minimum absolute atomic E-state index is 0.0826. The van der Waals surface area contributed by atoms with Gasteiger partial charge in [0.15, 0.2) is 11.5 Å². The first kappa shape index (κ1) is 11.5. The number of rotatable bonds is 2. The van der Waals surface area contributed by atoms with Crippen molar-refractivity contribution in [1.82, 2.24) is 9.97 Å². The van der Waals surface area contributed by atoms with E-state index in [-0.39, 0.29) is 12.4 Å². The minimum Gasteiger partial charge on any atom is -0.454 e. The molecule has 0 radical (unpaired) electrons. The van der Waals surface area contributed by atoms with Gasteiger partial charge >= 0.3 is 0 Å². The first-order chi connectivity index (χ1) is 9.79. The Hall–Kier alpha value is -2.34. The number of H-pyrrole nitrogens is 1. The van der Waals surface area contributed by atoms with Crippen LogP contribution in [0.3, 0.4) is 0 Å². The van der Waals surface area contributed by atoms with E-state index in [0.717, 1.165) is 22.6 Å². The molecule has 0 amide bonds. The molecule has 100 valence electrons. The van der Waals surface area contributed by atoms with Gasteiger partial charge < -0.3 is 14.5 Å². The number of aromatic nitrogens is 2. The average Bonchev–Trinajstić information content (AvgIpc) is 3.06. The minimum atomic E-state index is -0.0826. The van der Waals surface area contributed by atoms with Crippen molar-refractivity contribution in [3.8, 4) is 11.5 Å². The summed E-state index contributed by atoms with van der Waals surface area (Å²) in [6.07, 6.45) is 0.553. The molecule has 0 spiro atoms. The molecule has 0 atom stereocenters. The van der Waals surface area contributed by atoms with E-state index in [1.807, 2.05) is 29.6 Å². The van der Waals surface area contributed by atoms with Crippen LogP contribution in [0.25, 0.3) is 10.2 Å². The molecular weight excluding hydrogens is 276 g/mol. The molecule has 20 heavy (non-hydrogen) atoms. The summed E-state index contributed by atoms with van der Waals surface area (Å²) in [5.74, 6) is 2.14. The van der Waals surface area contributed by atoms with Crippen molar-refractivity contribution in [3.63, 3.8) is 0 Å². The molecule has 1 aromatic carbocycles. The number of hydrogen-bond donors (Lipinski definition) is 1. The summed E-state index contributed by atoms with van der Waals surface area (Å²) in [4.78, 5) is 19.2. The molecule has 0 saturated carbocycles. The van der Waals surface area contributed by atoms with Crippen LogP contribution in [0.15, 0.2) is 34.4 Å². The largest absolute Gasteiger partial charge is 0.454 e. The molecule has 0 bridgehead atoms. The van der Waals surface area contributed by atoms with Crippen LogP contribution in [0.1, 0.15) is 11.4 Å². The summed E-state index contributed by atoms with van der Waals surface area (Å²) in [5, 5.41) is 1.87. The Morgan fingerprint density at radius 1 is 1.25 bits per heavy atom. The van der Waals surface area contributed by atoms with E-state index in [1.165, 1.54) is 11.3 Å². The number of nitrogens with one attached hydrogen (secondary N) is 1. The fraction of sp³-hybridized carbons (Fsp3) is 0.143. The molecular formula is C14H10N2O3S. The van der Waals surface area contributed by atoms with Gasteiger partial charge in [-0.25, -0.2) is 4.98 Å². The third kappa shape index (κ3) is 1.85. The SMILES string of the molecule is O=c1[nH]c(Cc2ccc3c(c2)OCO3)nc2ccsc12. The normalized spacial score (nSPS) is 13.0. The van der Waals surface area contributed by atoms with E-state index in [0.29, 0.717) is 16.9 Å². The highest BCUT2D eigenvalue weighted by Crippen LogP contribution is 2.32. The predicted molar refractivity (Wildman–Crippen MR) is 75.6 cm³/mol. The first-order valence-electron chi connectivity index (χ1n) is 6.14. The molecule has 5 nitrogen and oxygen atoms in total. The van der Waals surface area contributed by atoms with E-state index >= 15 is 0 Å². The highest BCUT2D eigenvalue weighted by Gasteiger charge is 2.14. The van der Waals surface area contributed by atoms with Gasteiger partial charge in [-0.2, -0.15) is 0 Å². The van der Waals surface area contributed by atoms with Gasteiger partial charge in [-0.3, -0.25) is 4.79 Å². The molecule has 1 N–H and O–H groups in total. The number of fused-ring (bicyclic) bond motifs is 2. The topological polar surface area (TPSA) is 64.2 Å². The van der Waals surface area contributed by atoms with Crippen LogP contribution in [0.4, 0.5) is 0 Å². The summed E-state index contributed by atoms with van der Waals surface area (Å²) < 4.78 is 11.3. The van der Waals surface area contributed by atoms with Gasteiger partial charge in [0.05, 0.1) is 5.52 Å². The first-order valence-corrected chi connectivity index (χ1v) is 7.02.